The Labute approximate surface area is 111 Å². The highest BCUT2D eigenvalue weighted by atomic mass is 16.5. The lowest BCUT2D eigenvalue weighted by molar-refractivity contribution is -0.141. The zero-order valence-corrected chi connectivity index (χ0v) is 10.6. The van der Waals surface area contributed by atoms with Gasteiger partial charge in [-0.1, -0.05) is 12.1 Å². The summed E-state index contributed by atoms with van der Waals surface area (Å²) in [6, 6.07) is 5.79. The summed E-state index contributed by atoms with van der Waals surface area (Å²) in [6.45, 7) is 2.42. The molecule has 19 heavy (non-hydrogen) atoms. The highest BCUT2D eigenvalue weighted by Crippen LogP contribution is 2.19. The lowest BCUT2D eigenvalue weighted by Gasteiger charge is -2.15. The summed E-state index contributed by atoms with van der Waals surface area (Å²) in [7, 11) is 0. The molecule has 1 unspecified atom stereocenters. The molecule has 1 rings (SSSR count). The molecule has 0 saturated carbocycles. The number of hydrogen-bond acceptors (Lipinski definition) is 4. The van der Waals surface area contributed by atoms with Crippen molar-refractivity contribution in [1.29, 1.82) is 0 Å². The Morgan fingerprint density at radius 2 is 2.11 bits per heavy atom. The van der Waals surface area contributed by atoms with Gasteiger partial charge in [-0.05, 0) is 24.6 Å². The van der Waals surface area contributed by atoms with E-state index in [0.29, 0.717) is 17.9 Å². The molecule has 0 amide bonds. The summed E-state index contributed by atoms with van der Waals surface area (Å²) in [4.78, 5) is 21.6. The zero-order valence-electron chi connectivity index (χ0n) is 10.6. The van der Waals surface area contributed by atoms with Crippen LogP contribution in [0.15, 0.2) is 24.3 Å². The molecule has 104 valence electrons. The maximum absolute atomic E-state index is 11.2. The summed E-state index contributed by atoms with van der Waals surface area (Å²) in [5.74, 6) is -1.44. The first-order valence-corrected chi connectivity index (χ1v) is 5.95. The average Bonchev–Trinajstić information content (AvgIpc) is 2.34. The fourth-order valence-corrected chi connectivity index (χ4v) is 1.62. The summed E-state index contributed by atoms with van der Waals surface area (Å²) in [6.07, 6.45) is -0.130. The molecule has 0 aliphatic rings. The van der Waals surface area contributed by atoms with Crippen molar-refractivity contribution < 1.29 is 24.5 Å². The highest BCUT2D eigenvalue weighted by Gasteiger charge is 2.19. The van der Waals surface area contributed by atoms with E-state index in [1.807, 2.05) is 6.92 Å². The second-order valence-corrected chi connectivity index (χ2v) is 3.87. The summed E-state index contributed by atoms with van der Waals surface area (Å²) < 4.78 is 5.30. The quantitative estimate of drug-likeness (QED) is 0.656. The molecule has 0 aliphatic heterocycles. The van der Waals surface area contributed by atoms with Gasteiger partial charge in [0, 0.05) is 6.54 Å². The van der Waals surface area contributed by atoms with Crippen LogP contribution in [0.1, 0.15) is 24.9 Å². The van der Waals surface area contributed by atoms with Crippen LogP contribution in [0.4, 0.5) is 0 Å². The Hall–Kier alpha value is -2.08. The number of nitrogens with one attached hydrogen (secondary N) is 1. The Kier molecular flexibility index (Phi) is 5.81. The molecule has 0 heterocycles. The fraction of sp³-hybridized carbons (Fsp3) is 0.385. The minimum Gasteiger partial charge on any atom is -0.494 e. The number of aliphatic carboxylic acids is 2. The van der Waals surface area contributed by atoms with Gasteiger partial charge in [-0.2, -0.15) is 0 Å². The minimum absolute atomic E-state index is 0.0885. The van der Waals surface area contributed by atoms with Crippen molar-refractivity contribution in [2.75, 3.05) is 13.2 Å². The monoisotopic (exact) mass is 267 g/mol. The van der Waals surface area contributed by atoms with E-state index < -0.39 is 18.0 Å². The van der Waals surface area contributed by atoms with Gasteiger partial charge in [-0.15, -0.1) is 0 Å². The lowest BCUT2D eigenvalue weighted by Crippen LogP contribution is -2.30. The van der Waals surface area contributed by atoms with Gasteiger partial charge in [0.2, 0.25) is 0 Å². The largest absolute Gasteiger partial charge is 0.494 e. The topological polar surface area (TPSA) is 95.9 Å². The average molecular weight is 267 g/mol. The second-order valence-electron chi connectivity index (χ2n) is 3.87. The number of carboxylic acids is 2. The molecule has 1 aromatic carbocycles. The van der Waals surface area contributed by atoms with Crippen LogP contribution in [0, 0.1) is 0 Å². The number of carbonyl (C=O) groups is 2. The maximum Gasteiger partial charge on any atom is 0.325 e. The van der Waals surface area contributed by atoms with E-state index >= 15 is 0 Å². The molecule has 0 bridgehead atoms. The molecular formula is C13H17NO5. The van der Waals surface area contributed by atoms with Gasteiger partial charge in [0.25, 0.3) is 0 Å². The molecule has 6 heteroatoms. The maximum atomic E-state index is 11.2. The summed E-state index contributed by atoms with van der Waals surface area (Å²) >= 11 is 0. The molecule has 1 aromatic rings. The van der Waals surface area contributed by atoms with Crippen molar-refractivity contribution >= 4 is 11.9 Å². The van der Waals surface area contributed by atoms with Gasteiger partial charge in [-0.25, -0.2) is 0 Å². The van der Waals surface area contributed by atoms with Crippen molar-refractivity contribution in [1.82, 2.24) is 5.32 Å². The summed E-state index contributed by atoms with van der Waals surface area (Å²) in [5.41, 5.74) is 0.531. The van der Waals surface area contributed by atoms with Crippen LogP contribution in [-0.4, -0.2) is 35.3 Å². The molecule has 1 atom stereocenters. The third-order valence-corrected chi connectivity index (χ3v) is 2.44. The fourth-order valence-electron chi connectivity index (χ4n) is 1.62. The minimum atomic E-state index is -1.06. The van der Waals surface area contributed by atoms with E-state index in [2.05, 4.69) is 5.32 Å². The van der Waals surface area contributed by atoms with E-state index in [0.717, 1.165) is 0 Å². The number of benzene rings is 1. The molecule has 0 aliphatic carbocycles. The van der Waals surface area contributed by atoms with Gasteiger partial charge < -0.3 is 20.3 Å². The van der Waals surface area contributed by atoms with Gasteiger partial charge in [0.15, 0.2) is 0 Å². The SMILES string of the molecule is CCOc1cccc(C(NCCC(=O)O)C(=O)O)c1. The van der Waals surface area contributed by atoms with Crippen molar-refractivity contribution in [3.8, 4) is 5.75 Å². The molecule has 0 spiro atoms. The molecule has 0 fully saturated rings. The predicted octanol–water partition coefficient (Wildman–Crippen LogP) is 1.28. The first-order chi connectivity index (χ1) is 9.04. The number of carboxylic acid groups (broad SMARTS) is 2. The van der Waals surface area contributed by atoms with Crippen molar-refractivity contribution in [2.45, 2.75) is 19.4 Å². The van der Waals surface area contributed by atoms with Crippen LogP contribution >= 0.6 is 0 Å². The molecule has 0 aromatic heterocycles. The first kappa shape index (κ1) is 15.0. The van der Waals surface area contributed by atoms with Crippen LogP contribution in [0.5, 0.6) is 5.75 Å². The number of rotatable bonds is 8. The molecule has 6 nitrogen and oxygen atoms in total. The van der Waals surface area contributed by atoms with E-state index in [1.165, 1.54) is 0 Å². The molecule has 0 radical (unpaired) electrons. The van der Waals surface area contributed by atoms with Crippen LogP contribution < -0.4 is 10.1 Å². The van der Waals surface area contributed by atoms with E-state index in [9.17, 15) is 9.59 Å². The van der Waals surface area contributed by atoms with E-state index in [-0.39, 0.29) is 13.0 Å². The van der Waals surface area contributed by atoms with Crippen LogP contribution in [0.2, 0.25) is 0 Å². The Morgan fingerprint density at radius 1 is 1.37 bits per heavy atom. The second kappa shape index (κ2) is 7.38. The van der Waals surface area contributed by atoms with E-state index in [4.69, 9.17) is 14.9 Å². The smallest absolute Gasteiger partial charge is 0.325 e. The van der Waals surface area contributed by atoms with Crippen molar-refractivity contribution in [2.24, 2.45) is 0 Å². The first-order valence-electron chi connectivity index (χ1n) is 5.95. The normalized spacial score (nSPS) is 11.8. The Bertz CT molecular complexity index is 446. The van der Waals surface area contributed by atoms with E-state index in [1.54, 1.807) is 24.3 Å². The van der Waals surface area contributed by atoms with Gasteiger partial charge in [-0.3, -0.25) is 9.59 Å². The molecule has 0 saturated heterocycles. The molecular weight excluding hydrogens is 250 g/mol. The van der Waals surface area contributed by atoms with Crippen molar-refractivity contribution in [3.63, 3.8) is 0 Å². The van der Waals surface area contributed by atoms with Gasteiger partial charge >= 0.3 is 11.9 Å². The lowest BCUT2D eigenvalue weighted by atomic mass is 10.1. The third kappa shape index (κ3) is 4.97. The van der Waals surface area contributed by atoms with Crippen LogP contribution in [-0.2, 0) is 9.59 Å². The van der Waals surface area contributed by atoms with Gasteiger partial charge in [0.05, 0.1) is 13.0 Å². The summed E-state index contributed by atoms with van der Waals surface area (Å²) in [5, 5.41) is 20.4. The number of hydrogen-bond donors (Lipinski definition) is 3. The standard InChI is InChI=1S/C13H17NO5/c1-2-19-10-5-3-4-9(8-10)12(13(17)18)14-7-6-11(15)16/h3-5,8,12,14H,2,6-7H2,1H3,(H,15,16)(H,17,18). The predicted molar refractivity (Wildman–Crippen MR) is 68.2 cm³/mol. The number of ether oxygens (including phenoxy) is 1. The zero-order chi connectivity index (χ0) is 14.3. The molecule has 3 N–H and O–H groups in total. The highest BCUT2D eigenvalue weighted by molar-refractivity contribution is 5.76. The van der Waals surface area contributed by atoms with Gasteiger partial charge in [0.1, 0.15) is 11.8 Å². The third-order valence-electron chi connectivity index (χ3n) is 2.44. The van der Waals surface area contributed by atoms with Crippen LogP contribution in [0.3, 0.4) is 0 Å². The Balaban J connectivity index is 2.77. The van der Waals surface area contributed by atoms with Crippen molar-refractivity contribution in [3.05, 3.63) is 29.8 Å². The Morgan fingerprint density at radius 3 is 2.68 bits per heavy atom. The van der Waals surface area contributed by atoms with Crippen LogP contribution in [0.25, 0.3) is 0 Å².